The summed E-state index contributed by atoms with van der Waals surface area (Å²) in [5.41, 5.74) is 0.464. The third-order valence-electron chi connectivity index (χ3n) is 4.67. The summed E-state index contributed by atoms with van der Waals surface area (Å²) in [7, 11) is 1.77. The van der Waals surface area contributed by atoms with Gasteiger partial charge in [-0.3, -0.25) is 4.79 Å². The summed E-state index contributed by atoms with van der Waals surface area (Å²) in [5.74, 6) is -1.56. The zero-order valence-corrected chi connectivity index (χ0v) is 14.4. The van der Waals surface area contributed by atoms with Crippen molar-refractivity contribution in [1.29, 1.82) is 0 Å². The number of halogens is 1. The van der Waals surface area contributed by atoms with E-state index in [1.54, 1.807) is 42.2 Å². The van der Waals surface area contributed by atoms with Gasteiger partial charge in [0.2, 0.25) is 5.91 Å². The SMILES string of the molecule is Cn1ccnc1CC(NC(=O)C1CCN(c2ccccc2F)C1)C(=O)O. The number of carboxylic acid groups (broad SMARTS) is 1. The predicted octanol–water partition coefficient (Wildman–Crippen LogP) is 1.20. The topological polar surface area (TPSA) is 87.5 Å². The maximum absolute atomic E-state index is 13.9. The van der Waals surface area contributed by atoms with Gasteiger partial charge in [-0.25, -0.2) is 14.2 Å². The van der Waals surface area contributed by atoms with Gasteiger partial charge in [-0.1, -0.05) is 12.1 Å². The highest BCUT2D eigenvalue weighted by atomic mass is 19.1. The maximum Gasteiger partial charge on any atom is 0.326 e. The lowest BCUT2D eigenvalue weighted by atomic mass is 10.1. The molecule has 1 fully saturated rings. The number of imidazole rings is 1. The summed E-state index contributed by atoms with van der Waals surface area (Å²) < 4.78 is 15.6. The Balaban J connectivity index is 1.63. The number of amides is 1. The second-order valence-corrected chi connectivity index (χ2v) is 6.44. The van der Waals surface area contributed by atoms with Crippen molar-refractivity contribution in [2.24, 2.45) is 13.0 Å². The first-order valence-corrected chi connectivity index (χ1v) is 8.44. The molecule has 3 rings (SSSR count). The number of aromatic nitrogens is 2. The van der Waals surface area contributed by atoms with Crippen LogP contribution in [0.4, 0.5) is 10.1 Å². The number of anilines is 1. The molecule has 7 nitrogen and oxygen atoms in total. The summed E-state index contributed by atoms with van der Waals surface area (Å²) in [4.78, 5) is 29.9. The van der Waals surface area contributed by atoms with E-state index in [-0.39, 0.29) is 24.1 Å². The zero-order chi connectivity index (χ0) is 18.7. The van der Waals surface area contributed by atoms with E-state index in [0.29, 0.717) is 31.0 Å². The van der Waals surface area contributed by atoms with Crippen molar-refractivity contribution in [3.8, 4) is 0 Å². The first kappa shape index (κ1) is 17.9. The number of hydrogen-bond acceptors (Lipinski definition) is 4. The van der Waals surface area contributed by atoms with E-state index in [9.17, 15) is 19.1 Å². The fourth-order valence-corrected chi connectivity index (χ4v) is 3.17. The van der Waals surface area contributed by atoms with Gasteiger partial charge < -0.3 is 19.9 Å². The van der Waals surface area contributed by atoms with Crippen molar-refractivity contribution in [2.75, 3.05) is 18.0 Å². The molecule has 1 aliphatic rings. The summed E-state index contributed by atoms with van der Waals surface area (Å²) in [5, 5.41) is 12.0. The van der Waals surface area contributed by atoms with Gasteiger partial charge in [0.15, 0.2) is 0 Å². The van der Waals surface area contributed by atoms with E-state index < -0.39 is 12.0 Å². The molecule has 2 N–H and O–H groups in total. The molecule has 2 aromatic rings. The number of carbonyl (C=O) groups excluding carboxylic acids is 1. The van der Waals surface area contributed by atoms with E-state index in [4.69, 9.17) is 0 Å². The third-order valence-corrected chi connectivity index (χ3v) is 4.67. The Morgan fingerprint density at radius 2 is 2.19 bits per heavy atom. The lowest BCUT2D eigenvalue weighted by Crippen LogP contribution is -2.45. The monoisotopic (exact) mass is 360 g/mol. The van der Waals surface area contributed by atoms with Crippen molar-refractivity contribution in [1.82, 2.24) is 14.9 Å². The number of aliphatic carboxylic acids is 1. The predicted molar refractivity (Wildman–Crippen MR) is 93.2 cm³/mol. The molecule has 1 aromatic carbocycles. The van der Waals surface area contributed by atoms with Crippen LogP contribution in [0.3, 0.4) is 0 Å². The molecule has 1 amide bonds. The second kappa shape index (κ2) is 7.55. The molecule has 2 heterocycles. The molecular formula is C18H21FN4O3. The summed E-state index contributed by atoms with van der Waals surface area (Å²) >= 11 is 0. The maximum atomic E-state index is 13.9. The number of nitrogens with one attached hydrogen (secondary N) is 1. The number of carbonyl (C=O) groups is 2. The normalized spacial score (nSPS) is 17.9. The van der Waals surface area contributed by atoms with E-state index in [1.165, 1.54) is 6.07 Å². The van der Waals surface area contributed by atoms with Crippen LogP contribution in [0.2, 0.25) is 0 Å². The number of benzene rings is 1. The van der Waals surface area contributed by atoms with Crippen molar-refractivity contribution < 1.29 is 19.1 Å². The Kier molecular flexibility index (Phi) is 5.20. The fraction of sp³-hybridized carbons (Fsp3) is 0.389. The summed E-state index contributed by atoms with van der Waals surface area (Å²) in [6, 6.07) is 5.38. The van der Waals surface area contributed by atoms with E-state index >= 15 is 0 Å². The molecule has 2 unspecified atom stereocenters. The van der Waals surface area contributed by atoms with Crippen LogP contribution in [-0.4, -0.2) is 45.7 Å². The highest BCUT2D eigenvalue weighted by Gasteiger charge is 2.32. The molecule has 1 aromatic heterocycles. The van der Waals surface area contributed by atoms with E-state index in [1.807, 2.05) is 4.90 Å². The Morgan fingerprint density at radius 3 is 2.85 bits per heavy atom. The first-order valence-electron chi connectivity index (χ1n) is 8.44. The minimum atomic E-state index is -1.11. The zero-order valence-electron chi connectivity index (χ0n) is 14.4. The van der Waals surface area contributed by atoms with Crippen LogP contribution in [0.1, 0.15) is 12.2 Å². The van der Waals surface area contributed by atoms with Gasteiger partial charge in [0.05, 0.1) is 11.6 Å². The average molecular weight is 360 g/mol. The third kappa shape index (κ3) is 3.84. The van der Waals surface area contributed by atoms with Gasteiger partial charge in [-0.05, 0) is 18.6 Å². The molecule has 26 heavy (non-hydrogen) atoms. The average Bonchev–Trinajstić information content (AvgIpc) is 3.24. The van der Waals surface area contributed by atoms with Crippen LogP contribution in [0, 0.1) is 11.7 Å². The largest absolute Gasteiger partial charge is 0.480 e. The van der Waals surface area contributed by atoms with Crippen LogP contribution >= 0.6 is 0 Å². The van der Waals surface area contributed by atoms with Gasteiger partial charge in [0.1, 0.15) is 17.7 Å². The number of aryl methyl sites for hydroxylation is 1. The number of carboxylic acids is 1. The molecule has 0 aliphatic carbocycles. The molecule has 1 aliphatic heterocycles. The molecular weight excluding hydrogens is 339 g/mol. The van der Waals surface area contributed by atoms with Gasteiger partial charge in [-0.2, -0.15) is 0 Å². The minimum Gasteiger partial charge on any atom is -0.480 e. The highest BCUT2D eigenvalue weighted by Crippen LogP contribution is 2.26. The van der Waals surface area contributed by atoms with Crippen LogP contribution in [0.15, 0.2) is 36.7 Å². The van der Waals surface area contributed by atoms with Gasteiger partial charge in [0.25, 0.3) is 0 Å². The minimum absolute atomic E-state index is 0.105. The molecule has 138 valence electrons. The van der Waals surface area contributed by atoms with Crippen LogP contribution < -0.4 is 10.2 Å². The summed E-state index contributed by atoms with van der Waals surface area (Å²) in [6.07, 6.45) is 3.96. The van der Waals surface area contributed by atoms with Gasteiger partial charge in [-0.15, -0.1) is 0 Å². The Bertz CT molecular complexity index is 807. The van der Waals surface area contributed by atoms with E-state index in [0.717, 1.165) is 0 Å². The highest BCUT2D eigenvalue weighted by molar-refractivity contribution is 5.86. The van der Waals surface area contributed by atoms with Crippen molar-refractivity contribution >= 4 is 17.6 Å². The Hall–Kier alpha value is -2.90. The van der Waals surface area contributed by atoms with Crippen LogP contribution in [0.25, 0.3) is 0 Å². The van der Waals surface area contributed by atoms with Crippen molar-refractivity contribution in [2.45, 2.75) is 18.9 Å². The van der Waals surface area contributed by atoms with Crippen molar-refractivity contribution in [3.05, 3.63) is 48.3 Å². The molecule has 8 heteroatoms. The number of rotatable bonds is 6. The summed E-state index contributed by atoms with van der Waals surface area (Å²) in [6.45, 7) is 0.914. The quantitative estimate of drug-likeness (QED) is 0.808. The number of nitrogens with zero attached hydrogens (tertiary/aromatic N) is 3. The van der Waals surface area contributed by atoms with Crippen LogP contribution in [0.5, 0.6) is 0 Å². The molecule has 0 bridgehead atoms. The van der Waals surface area contributed by atoms with Crippen molar-refractivity contribution in [3.63, 3.8) is 0 Å². The molecule has 0 saturated carbocycles. The second-order valence-electron chi connectivity index (χ2n) is 6.44. The standard InChI is InChI=1S/C18H21FN4O3/c1-22-9-7-20-16(22)10-14(18(25)26)21-17(24)12-6-8-23(11-12)15-5-3-2-4-13(15)19/h2-5,7,9,12,14H,6,8,10-11H2,1H3,(H,21,24)(H,25,26). The lowest BCUT2D eigenvalue weighted by Gasteiger charge is -2.20. The molecule has 1 saturated heterocycles. The van der Waals surface area contributed by atoms with E-state index in [2.05, 4.69) is 10.3 Å². The number of para-hydroxylation sites is 1. The molecule has 2 atom stereocenters. The van der Waals surface area contributed by atoms with Crippen LogP contribution in [-0.2, 0) is 23.1 Å². The van der Waals surface area contributed by atoms with Gasteiger partial charge >= 0.3 is 5.97 Å². The smallest absolute Gasteiger partial charge is 0.326 e. The Labute approximate surface area is 150 Å². The Morgan fingerprint density at radius 1 is 1.42 bits per heavy atom. The first-order chi connectivity index (χ1) is 12.5. The molecule has 0 radical (unpaired) electrons. The molecule has 0 spiro atoms. The number of hydrogen-bond donors (Lipinski definition) is 2. The lowest BCUT2D eigenvalue weighted by molar-refractivity contribution is -0.142. The fourth-order valence-electron chi connectivity index (χ4n) is 3.17. The van der Waals surface area contributed by atoms with Gasteiger partial charge in [0, 0.05) is 39.0 Å².